The van der Waals surface area contributed by atoms with Gasteiger partial charge in [-0.3, -0.25) is 10.1 Å². The van der Waals surface area contributed by atoms with E-state index in [2.05, 4.69) is 26.6 Å². The van der Waals surface area contributed by atoms with Crippen molar-refractivity contribution in [2.75, 3.05) is 5.32 Å². The molecule has 0 unspecified atom stereocenters. The standard InChI is InChI=1S/C15H12BrClN2O2S/c1-9-2-4-11(21-9)5-7-14(20)19-15(22)18-10-3-6-12(16)13(17)8-10/h2-8H,1H3,(H2,18,19,20,22). The van der Waals surface area contributed by atoms with Crippen LogP contribution >= 0.6 is 39.7 Å². The second-order valence-corrected chi connectivity index (χ2v) is 6.02. The van der Waals surface area contributed by atoms with Crippen LogP contribution in [0.25, 0.3) is 6.08 Å². The smallest absolute Gasteiger partial charge is 0.250 e. The lowest BCUT2D eigenvalue weighted by atomic mass is 10.3. The van der Waals surface area contributed by atoms with Gasteiger partial charge >= 0.3 is 0 Å². The van der Waals surface area contributed by atoms with Crippen molar-refractivity contribution in [3.63, 3.8) is 0 Å². The zero-order chi connectivity index (χ0) is 16.1. The van der Waals surface area contributed by atoms with Gasteiger partial charge in [-0.15, -0.1) is 0 Å². The Labute approximate surface area is 146 Å². The van der Waals surface area contributed by atoms with Crippen LogP contribution in [0.2, 0.25) is 5.02 Å². The number of anilines is 1. The molecule has 0 bridgehead atoms. The third-order valence-corrected chi connectivity index (χ3v) is 4.01. The van der Waals surface area contributed by atoms with E-state index >= 15 is 0 Å². The van der Waals surface area contributed by atoms with E-state index in [9.17, 15) is 4.79 Å². The molecule has 0 spiro atoms. The fourth-order valence-electron chi connectivity index (χ4n) is 1.59. The Morgan fingerprint density at radius 3 is 2.77 bits per heavy atom. The van der Waals surface area contributed by atoms with Crippen molar-refractivity contribution in [2.24, 2.45) is 0 Å². The summed E-state index contributed by atoms with van der Waals surface area (Å²) in [6, 6.07) is 8.87. The summed E-state index contributed by atoms with van der Waals surface area (Å²) in [6.45, 7) is 1.83. The number of nitrogens with one attached hydrogen (secondary N) is 2. The van der Waals surface area contributed by atoms with Crippen LogP contribution in [0.3, 0.4) is 0 Å². The van der Waals surface area contributed by atoms with E-state index in [0.717, 1.165) is 10.2 Å². The average Bonchev–Trinajstić information content (AvgIpc) is 2.86. The van der Waals surface area contributed by atoms with E-state index in [0.29, 0.717) is 16.5 Å². The largest absolute Gasteiger partial charge is 0.462 e. The summed E-state index contributed by atoms with van der Waals surface area (Å²) >= 11 is 14.4. The third-order valence-electron chi connectivity index (χ3n) is 2.57. The average molecular weight is 400 g/mol. The molecule has 0 radical (unpaired) electrons. The lowest BCUT2D eigenvalue weighted by Crippen LogP contribution is -2.32. The van der Waals surface area contributed by atoms with Crippen LogP contribution in [0.1, 0.15) is 11.5 Å². The van der Waals surface area contributed by atoms with Gasteiger partial charge in [-0.2, -0.15) is 0 Å². The summed E-state index contributed by atoms with van der Waals surface area (Å²) in [7, 11) is 0. The van der Waals surface area contributed by atoms with Crippen molar-refractivity contribution in [1.82, 2.24) is 5.32 Å². The highest BCUT2D eigenvalue weighted by Gasteiger charge is 2.04. The minimum absolute atomic E-state index is 0.184. The molecule has 0 atom stereocenters. The van der Waals surface area contributed by atoms with Gasteiger partial charge in [0.1, 0.15) is 11.5 Å². The number of thiocarbonyl (C=S) groups is 1. The van der Waals surface area contributed by atoms with Gasteiger partial charge in [0.25, 0.3) is 0 Å². The number of furan rings is 1. The van der Waals surface area contributed by atoms with Crippen molar-refractivity contribution in [2.45, 2.75) is 6.92 Å². The summed E-state index contributed by atoms with van der Waals surface area (Å²) in [4.78, 5) is 11.7. The molecule has 0 fully saturated rings. The molecule has 114 valence electrons. The van der Waals surface area contributed by atoms with Gasteiger partial charge < -0.3 is 9.73 Å². The van der Waals surface area contributed by atoms with Gasteiger partial charge in [-0.1, -0.05) is 11.6 Å². The Hall–Kier alpha value is -1.63. The van der Waals surface area contributed by atoms with Crippen molar-refractivity contribution in [3.05, 3.63) is 57.4 Å². The highest BCUT2D eigenvalue weighted by atomic mass is 79.9. The molecular weight excluding hydrogens is 388 g/mol. The first-order valence-electron chi connectivity index (χ1n) is 6.25. The number of carbonyl (C=O) groups excluding carboxylic acids is 1. The summed E-state index contributed by atoms with van der Waals surface area (Å²) in [5, 5.41) is 6.15. The fourth-order valence-corrected chi connectivity index (χ4v) is 2.24. The fraction of sp³-hybridized carbons (Fsp3) is 0.0667. The van der Waals surface area contributed by atoms with Crippen LogP contribution in [-0.4, -0.2) is 11.0 Å². The Balaban J connectivity index is 1.89. The topological polar surface area (TPSA) is 54.3 Å². The zero-order valence-corrected chi connectivity index (χ0v) is 14.7. The molecule has 7 heteroatoms. The maximum Gasteiger partial charge on any atom is 0.250 e. The number of halogens is 2. The molecule has 0 saturated heterocycles. The van der Waals surface area contributed by atoms with E-state index in [4.69, 9.17) is 28.2 Å². The van der Waals surface area contributed by atoms with Gasteiger partial charge in [-0.25, -0.2) is 0 Å². The van der Waals surface area contributed by atoms with Gasteiger partial charge in [0.2, 0.25) is 5.91 Å². The maximum atomic E-state index is 11.7. The highest BCUT2D eigenvalue weighted by molar-refractivity contribution is 9.10. The zero-order valence-electron chi connectivity index (χ0n) is 11.5. The van der Waals surface area contributed by atoms with Gasteiger partial charge in [0, 0.05) is 16.2 Å². The quantitative estimate of drug-likeness (QED) is 0.588. The van der Waals surface area contributed by atoms with E-state index < -0.39 is 0 Å². The van der Waals surface area contributed by atoms with Gasteiger partial charge in [-0.05, 0) is 71.5 Å². The molecule has 1 aromatic carbocycles. The van der Waals surface area contributed by atoms with E-state index in [1.54, 1.807) is 30.3 Å². The maximum absolute atomic E-state index is 11.7. The monoisotopic (exact) mass is 398 g/mol. The Bertz CT molecular complexity index is 743. The van der Waals surface area contributed by atoms with Crippen LogP contribution < -0.4 is 10.6 Å². The molecular formula is C15H12BrClN2O2S. The molecule has 1 heterocycles. The highest BCUT2D eigenvalue weighted by Crippen LogP contribution is 2.25. The predicted molar refractivity (Wildman–Crippen MR) is 96.0 cm³/mol. The number of rotatable bonds is 3. The molecule has 2 rings (SSSR count). The lowest BCUT2D eigenvalue weighted by Gasteiger charge is -2.08. The number of hydrogen-bond acceptors (Lipinski definition) is 3. The molecule has 2 N–H and O–H groups in total. The van der Waals surface area contributed by atoms with Crippen molar-refractivity contribution in [3.8, 4) is 0 Å². The molecule has 0 aliphatic rings. The first-order chi connectivity index (χ1) is 10.4. The molecule has 0 aliphatic heterocycles. The van der Waals surface area contributed by atoms with Gasteiger partial charge in [0.05, 0.1) is 5.02 Å². The minimum Gasteiger partial charge on any atom is -0.462 e. The van der Waals surface area contributed by atoms with Crippen LogP contribution in [0.5, 0.6) is 0 Å². The Kier molecular flexibility index (Phi) is 5.76. The molecule has 2 aromatic rings. The van der Waals surface area contributed by atoms with E-state index in [1.165, 1.54) is 6.08 Å². The number of amides is 1. The van der Waals surface area contributed by atoms with Crippen LogP contribution in [0.4, 0.5) is 5.69 Å². The van der Waals surface area contributed by atoms with E-state index in [1.807, 2.05) is 13.0 Å². The Morgan fingerprint density at radius 2 is 2.14 bits per heavy atom. The number of carbonyl (C=O) groups is 1. The minimum atomic E-state index is -0.352. The molecule has 1 amide bonds. The Morgan fingerprint density at radius 1 is 1.36 bits per heavy atom. The normalized spacial score (nSPS) is 10.7. The van der Waals surface area contributed by atoms with Crippen LogP contribution in [-0.2, 0) is 4.79 Å². The first-order valence-corrected chi connectivity index (χ1v) is 7.83. The molecule has 22 heavy (non-hydrogen) atoms. The summed E-state index contributed by atoms with van der Waals surface area (Å²) in [5.74, 6) is 1.03. The molecule has 4 nitrogen and oxygen atoms in total. The molecule has 0 saturated carbocycles. The lowest BCUT2D eigenvalue weighted by molar-refractivity contribution is -0.115. The molecule has 1 aromatic heterocycles. The van der Waals surface area contributed by atoms with Crippen LogP contribution in [0, 0.1) is 6.92 Å². The summed E-state index contributed by atoms with van der Waals surface area (Å²) in [5.41, 5.74) is 0.684. The van der Waals surface area contributed by atoms with Crippen molar-refractivity contribution in [1.29, 1.82) is 0 Å². The van der Waals surface area contributed by atoms with E-state index in [-0.39, 0.29) is 11.0 Å². The predicted octanol–water partition coefficient (Wildman–Crippen LogP) is 4.53. The van der Waals surface area contributed by atoms with Crippen molar-refractivity contribution >= 4 is 62.5 Å². The van der Waals surface area contributed by atoms with Crippen molar-refractivity contribution < 1.29 is 9.21 Å². The molecule has 0 aliphatic carbocycles. The van der Waals surface area contributed by atoms with Gasteiger partial charge in [0.15, 0.2) is 5.11 Å². The summed E-state index contributed by atoms with van der Waals surface area (Å²) < 4.78 is 6.11. The first kappa shape index (κ1) is 16.7. The second-order valence-electron chi connectivity index (χ2n) is 4.35. The summed E-state index contributed by atoms with van der Waals surface area (Å²) in [6.07, 6.45) is 2.92. The number of aryl methyl sites for hydroxylation is 1. The number of hydrogen-bond donors (Lipinski definition) is 2. The second kappa shape index (κ2) is 7.58. The third kappa shape index (κ3) is 4.98. The SMILES string of the molecule is Cc1ccc(C=CC(=O)NC(=S)Nc2ccc(Br)c(Cl)c2)o1. The number of benzene rings is 1. The van der Waals surface area contributed by atoms with Crippen LogP contribution in [0.15, 0.2) is 45.3 Å².